The van der Waals surface area contributed by atoms with E-state index < -0.39 is 0 Å². The molecule has 0 aliphatic heterocycles. The molecule has 2 N–H and O–H groups in total. The van der Waals surface area contributed by atoms with Crippen LogP contribution in [0.25, 0.3) is 22.2 Å². The lowest BCUT2D eigenvalue weighted by Gasteiger charge is -2.26. The molecule has 3 aromatic rings. The molecule has 0 bridgehead atoms. The van der Waals surface area contributed by atoms with Gasteiger partial charge in [-0.25, -0.2) is 4.98 Å². The summed E-state index contributed by atoms with van der Waals surface area (Å²) in [5.41, 5.74) is 7.25. The van der Waals surface area contributed by atoms with Gasteiger partial charge in [-0.15, -0.1) is 0 Å². The fourth-order valence-electron chi connectivity index (χ4n) is 5.03. The van der Waals surface area contributed by atoms with Crippen molar-refractivity contribution in [3.8, 4) is 17.0 Å². The first-order chi connectivity index (χ1) is 14.7. The van der Waals surface area contributed by atoms with Gasteiger partial charge in [0.25, 0.3) is 0 Å². The van der Waals surface area contributed by atoms with Crippen molar-refractivity contribution in [2.45, 2.75) is 63.6 Å². The molecular weight excluding hydrogens is 372 g/mol. The predicted octanol–water partition coefficient (Wildman–Crippen LogP) is 4.79. The average molecular weight is 403 g/mol. The molecule has 0 radical (unpaired) electrons. The van der Waals surface area contributed by atoms with Crippen LogP contribution in [0.3, 0.4) is 0 Å². The maximum atomic E-state index is 9.81. The highest BCUT2D eigenvalue weighted by Crippen LogP contribution is 2.35. The number of fused-ring (bicyclic) bond motifs is 2. The van der Waals surface area contributed by atoms with Crippen LogP contribution in [-0.4, -0.2) is 29.3 Å². The van der Waals surface area contributed by atoms with Crippen molar-refractivity contribution in [1.29, 1.82) is 0 Å². The molecule has 0 spiro atoms. The Morgan fingerprint density at radius 2 is 1.80 bits per heavy atom. The molecule has 30 heavy (non-hydrogen) atoms. The molecule has 5 rings (SSSR count). The van der Waals surface area contributed by atoms with Crippen LogP contribution in [0.4, 0.5) is 0 Å². The number of pyridine rings is 1. The number of benzene rings is 2. The molecule has 1 aromatic heterocycles. The Labute approximate surface area is 178 Å². The Kier molecular flexibility index (Phi) is 5.45. The van der Waals surface area contributed by atoms with Gasteiger partial charge in [-0.3, -0.25) is 0 Å². The smallest absolute Gasteiger partial charge is 0.128 e. The molecule has 0 atom stereocenters. The van der Waals surface area contributed by atoms with Crippen LogP contribution in [-0.2, 0) is 19.4 Å². The summed E-state index contributed by atoms with van der Waals surface area (Å²) in [7, 11) is 1.72. The zero-order valence-electron chi connectivity index (χ0n) is 17.7. The Morgan fingerprint density at radius 1 is 1.03 bits per heavy atom. The molecule has 0 unspecified atom stereocenters. The maximum absolute atomic E-state index is 9.81. The molecule has 1 saturated carbocycles. The molecule has 4 nitrogen and oxygen atoms in total. The molecular formula is C26H30N2O2. The van der Waals surface area contributed by atoms with Crippen molar-refractivity contribution in [3.05, 3.63) is 59.2 Å². The second kappa shape index (κ2) is 8.37. The number of aliphatic hydroxyl groups excluding tert-OH is 1. The molecule has 156 valence electrons. The third-order valence-corrected chi connectivity index (χ3v) is 6.75. The number of aryl methyl sites for hydroxylation is 2. The molecule has 0 saturated heterocycles. The molecule has 1 heterocycles. The number of methoxy groups -OCH3 is 1. The molecule has 2 aliphatic rings. The number of aliphatic hydroxyl groups is 1. The van der Waals surface area contributed by atoms with Gasteiger partial charge < -0.3 is 15.2 Å². The maximum Gasteiger partial charge on any atom is 0.128 e. The van der Waals surface area contributed by atoms with Crippen LogP contribution < -0.4 is 10.1 Å². The molecule has 1 fully saturated rings. The Balaban J connectivity index is 1.54. The van der Waals surface area contributed by atoms with Gasteiger partial charge in [0.1, 0.15) is 5.75 Å². The number of hydrogen-bond donors (Lipinski definition) is 2. The summed E-state index contributed by atoms with van der Waals surface area (Å²) in [4.78, 5) is 5.15. The minimum Gasteiger partial charge on any atom is -0.496 e. The standard InChI is InChI=1S/C26H30N2O2/c1-30-25-8-3-2-7-23(25)26-20(16-27-21-9-11-22(29)12-10-21)14-19-13-17-5-4-6-18(17)15-24(19)28-26/h2-3,7-8,13-15,21-22,27,29H,4-6,9-12,16H2,1H3. The first kappa shape index (κ1) is 19.5. The monoisotopic (exact) mass is 402 g/mol. The van der Waals surface area contributed by atoms with Gasteiger partial charge in [-0.2, -0.15) is 0 Å². The summed E-state index contributed by atoms with van der Waals surface area (Å²) in [6.07, 6.45) is 7.28. The van der Waals surface area contributed by atoms with E-state index in [0.29, 0.717) is 6.04 Å². The minimum atomic E-state index is -0.128. The number of nitrogens with one attached hydrogen (secondary N) is 1. The second-order valence-electron chi connectivity index (χ2n) is 8.75. The minimum absolute atomic E-state index is 0.128. The third kappa shape index (κ3) is 3.82. The first-order valence-corrected chi connectivity index (χ1v) is 11.2. The number of aromatic nitrogens is 1. The lowest BCUT2D eigenvalue weighted by Crippen LogP contribution is -2.34. The first-order valence-electron chi connectivity index (χ1n) is 11.2. The number of rotatable bonds is 5. The van der Waals surface area contributed by atoms with Crippen molar-refractivity contribution in [2.75, 3.05) is 7.11 Å². The van der Waals surface area contributed by atoms with Crippen LogP contribution in [0.15, 0.2) is 42.5 Å². The van der Waals surface area contributed by atoms with E-state index in [9.17, 15) is 5.11 Å². The normalized spacial score (nSPS) is 21.0. The summed E-state index contributed by atoms with van der Waals surface area (Å²) in [5, 5.41) is 14.8. The summed E-state index contributed by atoms with van der Waals surface area (Å²) in [6.45, 7) is 0.772. The summed E-state index contributed by atoms with van der Waals surface area (Å²) in [5.74, 6) is 0.854. The molecule has 2 aromatic carbocycles. The van der Waals surface area contributed by atoms with Gasteiger partial charge in [0.2, 0.25) is 0 Å². The van der Waals surface area contributed by atoms with Gasteiger partial charge in [-0.05, 0) is 92.0 Å². The quantitative estimate of drug-likeness (QED) is 0.644. The van der Waals surface area contributed by atoms with Gasteiger partial charge in [0, 0.05) is 23.5 Å². The molecule has 2 aliphatic carbocycles. The fourth-order valence-corrected chi connectivity index (χ4v) is 5.03. The number of nitrogens with zero attached hydrogens (tertiary/aromatic N) is 1. The summed E-state index contributed by atoms with van der Waals surface area (Å²) in [6, 6.07) is 15.5. The highest BCUT2D eigenvalue weighted by atomic mass is 16.5. The Bertz CT molecular complexity index is 1050. The second-order valence-corrected chi connectivity index (χ2v) is 8.75. The van der Waals surface area contributed by atoms with E-state index in [1.165, 1.54) is 34.9 Å². The molecule has 0 amide bonds. The predicted molar refractivity (Wildman–Crippen MR) is 121 cm³/mol. The zero-order chi connectivity index (χ0) is 20.5. The number of ether oxygens (including phenoxy) is 1. The summed E-state index contributed by atoms with van der Waals surface area (Å²) < 4.78 is 5.66. The van der Waals surface area contributed by atoms with Crippen molar-refractivity contribution in [1.82, 2.24) is 10.3 Å². The Hall–Kier alpha value is -2.43. The van der Waals surface area contributed by atoms with Gasteiger partial charge in [0.05, 0.1) is 24.4 Å². The van der Waals surface area contributed by atoms with Crippen molar-refractivity contribution in [2.24, 2.45) is 0 Å². The van der Waals surface area contributed by atoms with E-state index in [1.54, 1.807) is 7.11 Å². The largest absolute Gasteiger partial charge is 0.496 e. The lowest BCUT2D eigenvalue weighted by atomic mass is 9.92. The van der Waals surface area contributed by atoms with Gasteiger partial charge in [0.15, 0.2) is 0 Å². The van der Waals surface area contributed by atoms with Crippen LogP contribution in [0.2, 0.25) is 0 Å². The summed E-state index contributed by atoms with van der Waals surface area (Å²) >= 11 is 0. The van der Waals surface area contributed by atoms with E-state index >= 15 is 0 Å². The van der Waals surface area contributed by atoms with E-state index in [2.05, 4.69) is 29.6 Å². The highest BCUT2D eigenvalue weighted by Gasteiger charge is 2.21. The van der Waals surface area contributed by atoms with Crippen LogP contribution in [0.1, 0.15) is 48.8 Å². The van der Waals surface area contributed by atoms with Crippen molar-refractivity contribution in [3.63, 3.8) is 0 Å². The van der Waals surface area contributed by atoms with Crippen LogP contribution in [0, 0.1) is 0 Å². The SMILES string of the molecule is COc1ccccc1-c1nc2cc3c(cc2cc1CNC1CCC(O)CC1)CCC3. The fraction of sp³-hybridized carbons (Fsp3) is 0.423. The zero-order valence-corrected chi connectivity index (χ0v) is 17.7. The van der Waals surface area contributed by atoms with Crippen LogP contribution >= 0.6 is 0 Å². The highest BCUT2D eigenvalue weighted by molar-refractivity contribution is 5.86. The van der Waals surface area contributed by atoms with Gasteiger partial charge >= 0.3 is 0 Å². The third-order valence-electron chi connectivity index (χ3n) is 6.75. The van der Waals surface area contributed by atoms with E-state index in [4.69, 9.17) is 9.72 Å². The number of hydrogen-bond acceptors (Lipinski definition) is 4. The van der Waals surface area contributed by atoms with Crippen molar-refractivity contribution >= 4 is 10.9 Å². The Morgan fingerprint density at radius 3 is 2.60 bits per heavy atom. The van der Waals surface area contributed by atoms with E-state index in [0.717, 1.165) is 61.2 Å². The van der Waals surface area contributed by atoms with E-state index in [1.807, 2.05) is 18.2 Å². The topological polar surface area (TPSA) is 54.4 Å². The van der Waals surface area contributed by atoms with Crippen molar-refractivity contribution < 1.29 is 9.84 Å². The van der Waals surface area contributed by atoms with Gasteiger partial charge in [-0.1, -0.05) is 12.1 Å². The van der Waals surface area contributed by atoms with E-state index in [-0.39, 0.29) is 6.10 Å². The molecule has 4 heteroatoms. The average Bonchev–Trinajstić information content (AvgIpc) is 3.23. The van der Waals surface area contributed by atoms with Crippen LogP contribution in [0.5, 0.6) is 5.75 Å². The lowest BCUT2D eigenvalue weighted by molar-refractivity contribution is 0.116. The number of para-hydroxylation sites is 1.